The predicted molar refractivity (Wildman–Crippen MR) is 67.1 cm³/mol. The van der Waals surface area contributed by atoms with E-state index in [0.717, 1.165) is 0 Å². The summed E-state index contributed by atoms with van der Waals surface area (Å²) in [6, 6.07) is 4.41. The summed E-state index contributed by atoms with van der Waals surface area (Å²) in [6.45, 7) is 3.91. The molecule has 94 valence electrons. The Morgan fingerprint density at radius 1 is 1.47 bits per heavy atom. The minimum atomic E-state index is -0.609. The zero-order valence-electron chi connectivity index (χ0n) is 10.3. The van der Waals surface area contributed by atoms with Crippen LogP contribution < -0.4 is 16.4 Å². The average molecular weight is 239 g/mol. The van der Waals surface area contributed by atoms with Gasteiger partial charge in [-0.25, -0.2) is 4.39 Å². The number of halogens is 1. The Balaban J connectivity index is 2.70. The minimum Gasteiger partial charge on any atom is -0.399 e. The second-order valence-corrected chi connectivity index (χ2v) is 4.56. The first-order valence-electron chi connectivity index (χ1n) is 5.38. The van der Waals surface area contributed by atoms with Crippen LogP contribution in [0.3, 0.4) is 0 Å². The predicted octanol–water partition coefficient (Wildman–Crippen LogP) is 1.59. The molecule has 4 nitrogen and oxygen atoms in total. The number of anilines is 2. The number of nitrogens with one attached hydrogen (secondary N) is 2. The van der Waals surface area contributed by atoms with Crippen molar-refractivity contribution in [2.75, 3.05) is 24.6 Å². The van der Waals surface area contributed by atoms with Gasteiger partial charge in [-0.1, -0.05) is 0 Å². The van der Waals surface area contributed by atoms with Gasteiger partial charge in [0.05, 0.1) is 11.1 Å². The molecule has 0 unspecified atom stereocenters. The standard InChI is InChI=1S/C12H18FN3O/c1-12(2,11(17)15-3)7-16-10-5-4-8(14)6-9(10)13/h4-6,16H,7,14H2,1-3H3,(H,15,17). The van der Waals surface area contributed by atoms with Gasteiger partial charge in [-0.3, -0.25) is 4.79 Å². The summed E-state index contributed by atoms with van der Waals surface area (Å²) in [5.41, 5.74) is 5.56. The lowest BCUT2D eigenvalue weighted by Crippen LogP contribution is -2.39. The molecule has 1 rings (SSSR count). The first-order valence-corrected chi connectivity index (χ1v) is 5.38. The molecule has 0 bridgehead atoms. The lowest BCUT2D eigenvalue weighted by atomic mass is 9.92. The van der Waals surface area contributed by atoms with Gasteiger partial charge in [0.2, 0.25) is 5.91 Å². The first kappa shape index (κ1) is 13.3. The van der Waals surface area contributed by atoms with E-state index >= 15 is 0 Å². The molecule has 1 aromatic carbocycles. The molecule has 0 atom stereocenters. The number of carbonyl (C=O) groups is 1. The van der Waals surface area contributed by atoms with Crippen LogP contribution in [0.1, 0.15) is 13.8 Å². The SMILES string of the molecule is CNC(=O)C(C)(C)CNc1ccc(N)cc1F. The first-order chi connectivity index (χ1) is 7.86. The maximum atomic E-state index is 13.5. The maximum Gasteiger partial charge on any atom is 0.227 e. The normalized spacial score (nSPS) is 11.1. The monoisotopic (exact) mass is 239 g/mol. The molecule has 0 radical (unpaired) electrons. The number of hydrogen-bond donors (Lipinski definition) is 3. The molecular weight excluding hydrogens is 221 g/mol. The van der Waals surface area contributed by atoms with Crippen LogP contribution >= 0.6 is 0 Å². The summed E-state index contributed by atoms with van der Waals surface area (Å²) in [5, 5.41) is 5.48. The fourth-order valence-electron chi connectivity index (χ4n) is 1.41. The van der Waals surface area contributed by atoms with E-state index in [9.17, 15) is 9.18 Å². The van der Waals surface area contributed by atoms with Crippen molar-refractivity contribution in [3.05, 3.63) is 24.0 Å². The van der Waals surface area contributed by atoms with E-state index in [0.29, 0.717) is 17.9 Å². The van der Waals surface area contributed by atoms with Crippen molar-refractivity contribution in [1.82, 2.24) is 5.32 Å². The molecule has 5 heteroatoms. The highest BCUT2D eigenvalue weighted by molar-refractivity contribution is 5.82. The van der Waals surface area contributed by atoms with Crippen molar-refractivity contribution in [1.29, 1.82) is 0 Å². The lowest BCUT2D eigenvalue weighted by Gasteiger charge is -2.23. The highest BCUT2D eigenvalue weighted by Crippen LogP contribution is 2.20. The summed E-state index contributed by atoms with van der Waals surface area (Å²) in [6.07, 6.45) is 0. The third kappa shape index (κ3) is 3.34. The molecule has 0 aromatic heterocycles. The molecule has 0 heterocycles. The van der Waals surface area contributed by atoms with Crippen LogP contribution in [-0.4, -0.2) is 19.5 Å². The Hall–Kier alpha value is -1.78. The highest BCUT2D eigenvalue weighted by atomic mass is 19.1. The van der Waals surface area contributed by atoms with Gasteiger partial charge in [-0.15, -0.1) is 0 Å². The minimum absolute atomic E-state index is 0.0964. The van der Waals surface area contributed by atoms with Crippen molar-refractivity contribution < 1.29 is 9.18 Å². The number of nitrogen functional groups attached to an aromatic ring is 1. The molecule has 0 spiro atoms. The zero-order chi connectivity index (χ0) is 13.1. The molecule has 17 heavy (non-hydrogen) atoms. The van der Waals surface area contributed by atoms with Crippen molar-refractivity contribution in [2.45, 2.75) is 13.8 Å². The second-order valence-electron chi connectivity index (χ2n) is 4.56. The number of nitrogens with two attached hydrogens (primary N) is 1. The molecule has 1 aromatic rings. The summed E-state index contributed by atoms with van der Waals surface area (Å²) in [7, 11) is 1.58. The van der Waals surface area contributed by atoms with E-state index in [-0.39, 0.29) is 5.91 Å². The van der Waals surface area contributed by atoms with Crippen molar-refractivity contribution in [3.63, 3.8) is 0 Å². The summed E-state index contributed by atoms with van der Waals surface area (Å²) >= 11 is 0. The van der Waals surface area contributed by atoms with E-state index < -0.39 is 11.2 Å². The van der Waals surface area contributed by atoms with E-state index in [1.807, 2.05) is 0 Å². The Morgan fingerprint density at radius 3 is 2.65 bits per heavy atom. The van der Waals surface area contributed by atoms with Crippen LogP contribution in [0.5, 0.6) is 0 Å². The van der Waals surface area contributed by atoms with Gasteiger partial charge in [0.1, 0.15) is 5.82 Å². The maximum absolute atomic E-state index is 13.5. The van der Waals surface area contributed by atoms with Crippen LogP contribution in [0, 0.1) is 11.2 Å². The van der Waals surface area contributed by atoms with Crippen molar-refractivity contribution in [3.8, 4) is 0 Å². The number of benzene rings is 1. The molecule has 0 fully saturated rings. The van der Waals surface area contributed by atoms with Gasteiger partial charge in [-0.05, 0) is 32.0 Å². The van der Waals surface area contributed by atoms with Crippen LogP contribution in [0.15, 0.2) is 18.2 Å². The van der Waals surface area contributed by atoms with Gasteiger partial charge in [0.25, 0.3) is 0 Å². The van der Waals surface area contributed by atoms with Gasteiger partial charge in [0.15, 0.2) is 0 Å². The number of amides is 1. The number of carbonyl (C=O) groups excluding carboxylic acids is 1. The fourth-order valence-corrected chi connectivity index (χ4v) is 1.41. The van der Waals surface area contributed by atoms with Gasteiger partial charge in [0, 0.05) is 19.3 Å². The van der Waals surface area contributed by atoms with Crippen LogP contribution in [0.2, 0.25) is 0 Å². The molecule has 0 aliphatic rings. The van der Waals surface area contributed by atoms with Crippen LogP contribution in [-0.2, 0) is 4.79 Å². The van der Waals surface area contributed by atoms with E-state index in [1.165, 1.54) is 6.07 Å². The largest absolute Gasteiger partial charge is 0.399 e. The molecular formula is C12H18FN3O. The molecule has 4 N–H and O–H groups in total. The third-order valence-corrected chi connectivity index (χ3v) is 2.56. The molecule has 1 amide bonds. The lowest BCUT2D eigenvalue weighted by molar-refractivity contribution is -0.128. The summed E-state index contributed by atoms with van der Waals surface area (Å²) < 4.78 is 13.5. The molecule has 0 aliphatic heterocycles. The van der Waals surface area contributed by atoms with E-state index in [2.05, 4.69) is 10.6 Å². The van der Waals surface area contributed by atoms with Gasteiger partial charge < -0.3 is 16.4 Å². The quantitative estimate of drug-likeness (QED) is 0.699. The van der Waals surface area contributed by atoms with E-state index in [1.54, 1.807) is 33.0 Å². The highest BCUT2D eigenvalue weighted by Gasteiger charge is 2.26. The number of rotatable bonds is 4. The Morgan fingerprint density at radius 2 is 2.12 bits per heavy atom. The fraction of sp³-hybridized carbons (Fsp3) is 0.417. The van der Waals surface area contributed by atoms with Crippen LogP contribution in [0.4, 0.5) is 15.8 Å². The molecule has 0 saturated carbocycles. The molecule has 0 aliphatic carbocycles. The van der Waals surface area contributed by atoms with Crippen molar-refractivity contribution >= 4 is 17.3 Å². The average Bonchev–Trinajstić information content (AvgIpc) is 2.26. The third-order valence-electron chi connectivity index (χ3n) is 2.56. The second kappa shape index (κ2) is 5.03. The molecule has 0 saturated heterocycles. The van der Waals surface area contributed by atoms with E-state index in [4.69, 9.17) is 5.73 Å². The smallest absolute Gasteiger partial charge is 0.227 e. The Kier molecular flexibility index (Phi) is 3.93. The van der Waals surface area contributed by atoms with Crippen LogP contribution in [0.25, 0.3) is 0 Å². The van der Waals surface area contributed by atoms with Gasteiger partial charge >= 0.3 is 0 Å². The zero-order valence-corrected chi connectivity index (χ0v) is 10.3. The summed E-state index contributed by atoms with van der Waals surface area (Å²) in [4.78, 5) is 11.5. The Labute approximate surface area is 100 Å². The Bertz CT molecular complexity index is 418. The van der Waals surface area contributed by atoms with Crippen molar-refractivity contribution in [2.24, 2.45) is 5.41 Å². The summed E-state index contributed by atoms with van der Waals surface area (Å²) in [5.74, 6) is -0.515. The number of hydrogen-bond acceptors (Lipinski definition) is 3. The topological polar surface area (TPSA) is 67.2 Å². The van der Waals surface area contributed by atoms with Gasteiger partial charge in [-0.2, -0.15) is 0 Å².